The highest BCUT2D eigenvalue weighted by atomic mass is 16.5. The zero-order chi connectivity index (χ0) is 18.4. The number of amides is 1. The lowest BCUT2D eigenvalue weighted by Crippen LogP contribution is -2.42. The van der Waals surface area contributed by atoms with Gasteiger partial charge in [0, 0.05) is 18.7 Å². The van der Waals surface area contributed by atoms with Crippen LogP contribution in [-0.2, 0) is 4.79 Å². The van der Waals surface area contributed by atoms with E-state index in [1.54, 1.807) is 29.2 Å². The maximum absolute atomic E-state index is 12.3. The number of likely N-dealkylation sites (tertiary alicyclic amines) is 1. The van der Waals surface area contributed by atoms with Gasteiger partial charge in [-0.15, -0.1) is 0 Å². The number of hydrogen-bond donors (Lipinski definition) is 1. The van der Waals surface area contributed by atoms with E-state index in [0.29, 0.717) is 24.4 Å². The van der Waals surface area contributed by atoms with Crippen molar-refractivity contribution in [1.29, 1.82) is 0 Å². The normalized spacial score (nSPS) is 16.1. The Hall–Kier alpha value is -2.66. The van der Waals surface area contributed by atoms with Gasteiger partial charge in [0.25, 0.3) is 5.91 Å². The standard InChI is InChI=1S/C21H23NO4/c23-14-16-6-8-19(9-7-16)26-15-20(24)22-12-10-18(11-13-22)21(25)17-4-2-1-3-5-17/h1-9,14,18,21,25H,10-13,15H2. The van der Waals surface area contributed by atoms with Gasteiger partial charge in [0.1, 0.15) is 12.0 Å². The fourth-order valence-electron chi connectivity index (χ4n) is 3.27. The third kappa shape index (κ3) is 4.49. The molecule has 1 saturated heterocycles. The number of piperidine rings is 1. The number of benzene rings is 2. The van der Waals surface area contributed by atoms with Crippen molar-refractivity contribution < 1.29 is 19.4 Å². The molecule has 0 spiro atoms. The third-order valence-electron chi connectivity index (χ3n) is 4.86. The molecule has 0 saturated carbocycles. The Labute approximate surface area is 153 Å². The summed E-state index contributed by atoms with van der Waals surface area (Å²) in [6.45, 7) is 1.23. The van der Waals surface area contributed by atoms with Crippen molar-refractivity contribution >= 4 is 12.2 Å². The average Bonchev–Trinajstić information content (AvgIpc) is 2.72. The van der Waals surface area contributed by atoms with Gasteiger partial charge in [-0.3, -0.25) is 9.59 Å². The first-order valence-electron chi connectivity index (χ1n) is 8.86. The molecule has 1 N–H and O–H groups in total. The third-order valence-corrected chi connectivity index (χ3v) is 4.86. The van der Waals surface area contributed by atoms with Crippen molar-refractivity contribution in [1.82, 2.24) is 4.90 Å². The van der Waals surface area contributed by atoms with Crippen LogP contribution in [0, 0.1) is 5.92 Å². The topological polar surface area (TPSA) is 66.8 Å². The number of aliphatic hydroxyl groups excluding tert-OH is 1. The second-order valence-electron chi connectivity index (χ2n) is 6.55. The van der Waals surface area contributed by atoms with Crippen LogP contribution in [0.5, 0.6) is 5.75 Å². The molecule has 2 aromatic rings. The van der Waals surface area contributed by atoms with Gasteiger partial charge in [-0.25, -0.2) is 0 Å². The molecule has 1 fully saturated rings. The highest BCUT2D eigenvalue weighted by molar-refractivity contribution is 5.78. The predicted octanol–water partition coefficient (Wildman–Crippen LogP) is 2.85. The van der Waals surface area contributed by atoms with E-state index in [1.165, 1.54) is 0 Å². The SMILES string of the molecule is O=Cc1ccc(OCC(=O)N2CCC(C(O)c3ccccc3)CC2)cc1. The van der Waals surface area contributed by atoms with Gasteiger partial charge in [0.15, 0.2) is 6.61 Å². The average molecular weight is 353 g/mol. The van der Waals surface area contributed by atoms with Crippen molar-refractivity contribution in [3.05, 3.63) is 65.7 Å². The summed E-state index contributed by atoms with van der Waals surface area (Å²) in [6, 6.07) is 16.3. The number of rotatable bonds is 6. The Balaban J connectivity index is 1.46. The molecule has 0 aliphatic carbocycles. The van der Waals surface area contributed by atoms with Crippen LogP contribution < -0.4 is 4.74 Å². The molecular formula is C21H23NO4. The lowest BCUT2D eigenvalue weighted by Gasteiger charge is -2.34. The van der Waals surface area contributed by atoms with Crippen LogP contribution in [0.15, 0.2) is 54.6 Å². The quantitative estimate of drug-likeness (QED) is 0.811. The predicted molar refractivity (Wildman–Crippen MR) is 98.0 cm³/mol. The fraction of sp³-hybridized carbons (Fsp3) is 0.333. The minimum Gasteiger partial charge on any atom is -0.484 e. The smallest absolute Gasteiger partial charge is 0.260 e. The summed E-state index contributed by atoms with van der Waals surface area (Å²) in [6.07, 6.45) is 1.83. The van der Waals surface area contributed by atoms with Crippen molar-refractivity contribution in [3.8, 4) is 5.75 Å². The summed E-state index contributed by atoms with van der Waals surface area (Å²) in [7, 11) is 0. The summed E-state index contributed by atoms with van der Waals surface area (Å²) in [5, 5.41) is 10.5. The molecule has 136 valence electrons. The molecule has 1 aliphatic heterocycles. The number of carbonyl (C=O) groups excluding carboxylic acids is 2. The van der Waals surface area contributed by atoms with E-state index in [1.807, 2.05) is 30.3 Å². The van der Waals surface area contributed by atoms with Crippen molar-refractivity contribution in [2.75, 3.05) is 19.7 Å². The largest absolute Gasteiger partial charge is 0.484 e. The summed E-state index contributed by atoms with van der Waals surface area (Å²) < 4.78 is 5.51. The van der Waals surface area contributed by atoms with Crippen LogP contribution in [0.25, 0.3) is 0 Å². The van der Waals surface area contributed by atoms with E-state index >= 15 is 0 Å². The number of aldehydes is 1. The lowest BCUT2D eigenvalue weighted by molar-refractivity contribution is -0.135. The number of ether oxygens (including phenoxy) is 1. The Morgan fingerprint density at radius 1 is 1.12 bits per heavy atom. The summed E-state index contributed by atoms with van der Waals surface area (Å²) in [5.41, 5.74) is 1.50. The first-order valence-corrected chi connectivity index (χ1v) is 8.86. The van der Waals surface area contributed by atoms with Gasteiger partial charge in [-0.1, -0.05) is 30.3 Å². The van der Waals surface area contributed by atoms with Crippen LogP contribution >= 0.6 is 0 Å². The Bertz CT molecular complexity index is 721. The van der Waals surface area contributed by atoms with Gasteiger partial charge in [0.2, 0.25) is 0 Å². The van der Waals surface area contributed by atoms with E-state index in [2.05, 4.69) is 0 Å². The summed E-state index contributed by atoms with van der Waals surface area (Å²) in [4.78, 5) is 24.7. The molecule has 1 amide bonds. The van der Waals surface area contributed by atoms with Crippen molar-refractivity contribution in [2.24, 2.45) is 5.92 Å². The van der Waals surface area contributed by atoms with E-state index in [4.69, 9.17) is 4.74 Å². The Kier molecular flexibility index (Phi) is 6.02. The zero-order valence-corrected chi connectivity index (χ0v) is 14.6. The molecule has 5 heteroatoms. The van der Waals surface area contributed by atoms with Crippen molar-refractivity contribution in [2.45, 2.75) is 18.9 Å². The van der Waals surface area contributed by atoms with Gasteiger partial charge in [0.05, 0.1) is 6.10 Å². The molecule has 5 nitrogen and oxygen atoms in total. The second-order valence-corrected chi connectivity index (χ2v) is 6.55. The minimum absolute atomic E-state index is 0.0215. The second kappa shape index (κ2) is 8.63. The maximum Gasteiger partial charge on any atom is 0.260 e. The van der Waals surface area contributed by atoms with Crippen LogP contribution in [0.4, 0.5) is 0 Å². The van der Waals surface area contributed by atoms with Crippen LogP contribution in [0.3, 0.4) is 0 Å². The summed E-state index contributed by atoms with van der Waals surface area (Å²) in [5.74, 6) is 0.675. The molecule has 1 atom stereocenters. The zero-order valence-electron chi connectivity index (χ0n) is 14.6. The molecular weight excluding hydrogens is 330 g/mol. The highest BCUT2D eigenvalue weighted by Crippen LogP contribution is 2.30. The molecule has 1 heterocycles. The van der Waals surface area contributed by atoms with E-state index in [-0.39, 0.29) is 18.4 Å². The molecule has 0 radical (unpaired) electrons. The van der Waals surface area contributed by atoms with Crippen LogP contribution in [0.2, 0.25) is 0 Å². The highest BCUT2D eigenvalue weighted by Gasteiger charge is 2.28. The number of hydrogen-bond acceptors (Lipinski definition) is 4. The molecule has 0 bridgehead atoms. The molecule has 1 unspecified atom stereocenters. The number of aliphatic hydroxyl groups is 1. The molecule has 3 rings (SSSR count). The van der Waals surface area contributed by atoms with Gasteiger partial charge < -0.3 is 14.7 Å². The first-order chi connectivity index (χ1) is 12.7. The molecule has 26 heavy (non-hydrogen) atoms. The van der Waals surface area contributed by atoms with Crippen LogP contribution in [0.1, 0.15) is 34.9 Å². The maximum atomic E-state index is 12.3. The monoisotopic (exact) mass is 353 g/mol. The van der Waals surface area contributed by atoms with E-state index in [9.17, 15) is 14.7 Å². The van der Waals surface area contributed by atoms with Gasteiger partial charge in [-0.2, -0.15) is 0 Å². The minimum atomic E-state index is -0.485. The first kappa shape index (κ1) is 18.1. The lowest BCUT2D eigenvalue weighted by atomic mass is 9.87. The number of carbonyl (C=O) groups is 2. The number of nitrogens with zero attached hydrogens (tertiary/aromatic N) is 1. The Morgan fingerprint density at radius 2 is 1.77 bits per heavy atom. The molecule has 1 aliphatic rings. The van der Waals surface area contributed by atoms with Gasteiger partial charge >= 0.3 is 0 Å². The fourth-order valence-corrected chi connectivity index (χ4v) is 3.27. The van der Waals surface area contributed by atoms with Crippen LogP contribution in [-0.4, -0.2) is 41.9 Å². The van der Waals surface area contributed by atoms with Gasteiger partial charge in [-0.05, 0) is 48.6 Å². The molecule has 2 aromatic carbocycles. The van der Waals surface area contributed by atoms with E-state index in [0.717, 1.165) is 24.7 Å². The summed E-state index contributed by atoms with van der Waals surface area (Å²) >= 11 is 0. The Morgan fingerprint density at radius 3 is 2.38 bits per heavy atom. The van der Waals surface area contributed by atoms with Crippen molar-refractivity contribution in [3.63, 3.8) is 0 Å². The molecule has 0 aromatic heterocycles. The van der Waals surface area contributed by atoms with E-state index < -0.39 is 6.10 Å².